The van der Waals surface area contributed by atoms with Crippen LogP contribution in [0.25, 0.3) is 0 Å². The molecular formula is C14H13F2N5OS2. The number of hydrazine groups is 1. The summed E-state index contributed by atoms with van der Waals surface area (Å²) in [4.78, 5) is 3.95. The van der Waals surface area contributed by atoms with Gasteiger partial charge >= 0.3 is 6.61 Å². The van der Waals surface area contributed by atoms with Gasteiger partial charge in [-0.3, -0.25) is 15.8 Å². The van der Waals surface area contributed by atoms with Crippen molar-refractivity contribution < 1.29 is 13.5 Å². The molecule has 0 saturated heterocycles. The predicted octanol–water partition coefficient (Wildman–Crippen LogP) is 2.87. The Morgan fingerprint density at radius 3 is 2.12 bits per heavy atom. The summed E-state index contributed by atoms with van der Waals surface area (Å²) in [6.07, 6.45) is 3.27. The first-order chi connectivity index (χ1) is 11.5. The lowest BCUT2D eigenvalue weighted by molar-refractivity contribution is -0.0498. The molecule has 0 amide bonds. The maximum atomic E-state index is 12.1. The van der Waals surface area contributed by atoms with Crippen LogP contribution in [0.4, 0.5) is 20.2 Å². The fourth-order valence-corrected chi connectivity index (χ4v) is 1.93. The quantitative estimate of drug-likeness (QED) is 0.485. The monoisotopic (exact) mass is 369 g/mol. The molecule has 10 heteroatoms. The van der Waals surface area contributed by atoms with Crippen molar-refractivity contribution in [1.29, 1.82) is 0 Å². The number of rotatable bonds is 4. The van der Waals surface area contributed by atoms with Gasteiger partial charge in [0, 0.05) is 11.9 Å². The normalized spacial score (nSPS) is 9.96. The van der Waals surface area contributed by atoms with Crippen LogP contribution < -0.4 is 26.2 Å². The van der Waals surface area contributed by atoms with Crippen molar-refractivity contribution in [1.82, 2.24) is 15.8 Å². The van der Waals surface area contributed by atoms with Gasteiger partial charge in [0.15, 0.2) is 10.2 Å². The molecule has 0 aliphatic rings. The van der Waals surface area contributed by atoms with Gasteiger partial charge in [-0.1, -0.05) is 0 Å². The van der Waals surface area contributed by atoms with Gasteiger partial charge in [-0.05, 0) is 60.8 Å². The van der Waals surface area contributed by atoms with Crippen molar-refractivity contribution in [3.63, 3.8) is 0 Å². The number of benzene rings is 1. The average molecular weight is 369 g/mol. The van der Waals surface area contributed by atoms with Crippen LogP contribution in [0.3, 0.4) is 0 Å². The number of aromatic nitrogens is 1. The third kappa shape index (κ3) is 6.26. The highest BCUT2D eigenvalue weighted by Crippen LogP contribution is 2.17. The van der Waals surface area contributed by atoms with Crippen molar-refractivity contribution in [3.05, 3.63) is 48.8 Å². The number of nitrogens with one attached hydrogen (secondary N) is 4. The highest BCUT2D eigenvalue weighted by Gasteiger charge is 2.04. The molecule has 0 aliphatic heterocycles. The molecule has 1 aromatic carbocycles. The number of halogens is 2. The summed E-state index contributed by atoms with van der Waals surface area (Å²) in [6, 6.07) is 9.49. The molecule has 2 rings (SSSR count). The van der Waals surface area contributed by atoms with Crippen molar-refractivity contribution in [3.8, 4) is 5.75 Å². The summed E-state index contributed by atoms with van der Waals surface area (Å²) in [5, 5.41) is 6.31. The van der Waals surface area contributed by atoms with Gasteiger partial charge in [0.2, 0.25) is 0 Å². The topological polar surface area (TPSA) is 70.2 Å². The summed E-state index contributed by atoms with van der Waals surface area (Å²) in [6.45, 7) is -2.86. The molecule has 0 spiro atoms. The standard InChI is InChI=1S/C14H13F2N5OS2/c15-12(16)22-11-5-3-9(4-6-11)18-13(23)20-21-14(24)19-10-2-1-7-17-8-10/h1-8,12H,(H2,18,20,23)(H2,19,21,24). The molecule has 2 aromatic rings. The molecule has 24 heavy (non-hydrogen) atoms. The molecule has 126 valence electrons. The van der Waals surface area contributed by atoms with Crippen LogP contribution in [0.15, 0.2) is 48.8 Å². The fourth-order valence-electron chi connectivity index (χ4n) is 1.59. The summed E-state index contributed by atoms with van der Waals surface area (Å²) >= 11 is 10.2. The number of ether oxygens (including phenoxy) is 1. The van der Waals surface area contributed by atoms with Crippen LogP contribution in [0.2, 0.25) is 0 Å². The van der Waals surface area contributed by atoms with Gasteiger partial charge < -0.3 is 15.4 Å². The first-order valence-corrected chi connectivity index (χ1v) is 7.43. The highest BCUT2D eigenvalue weighted by atomic mass is 32.1. The lowest BCUT2D eigenvalue weighted by atomic mass is 10.3. The minimum Gasteiger partial charge on any atom is -0.435 e. The molecule has 0 bridgehead atoms. The van der Waals surface area contributed by atoms with E-state index in [0.717, 1.165) is 5.69 Å². The van der Waals surface area contributed by atoms with E-state index in [1.54, 1.807) is 36.7 Å². The predicted molar refractivity (Wildman–Crippen MR) is 96.0 cm³/mol. The number of hydrogen-bond donors (Lipinski definition) is 4. The lowest BCUT2D eigenvalue weighted by Gasteiger charge is -2.14. The Bertz CT molecular complexity index is 685. The molecule has 0 aliphatic carbocycles. The maximum Gasteiger partial charge on any atom is 0.387 e. The van der Waals surface area contributed by atoms with Crippen LogP contribution in [0.5, 0.6) is 5.75 Å². The highest BCUT2D eigenvalue weighted by molar-refractivity contribution is 7.81. The van der Waals surface area contributed by atoms with E-state index in [9.17, 15) is 8.78 Å². The Labute approximate surface area is 147 Å². The van der Waals surface area contributed by atoms with E-state index in [0.29, 0.717) is 10.8 Å². The maximum absolute atomic E-state index is 12.1. The number of hydrogen-bond acceptors (Lipinski definition) is 4. The van der Waals surface area contributed by atoms with Gasteiger partial charge in [0.25, 0.3) is 0 Å². The Kier molecular flexibility index (Phi) is 6.58. The molecule has 1 aromatic heterocycles. The molecular weight excluding hydrogens is 356 g/mol. The molecule has 0 radical (unpaired) electrons. The summed E-state index contributed by atoms with van der Waals surface area (Å²) in [5.41, 5.74) is 6.72. The number of pyridine rings is 1. The molecule has 0 fully saturated rings. The van der Waals surface area contributed by atoms with Gasteiger partial charge in [-0.25, -0.2) is 0 Å². The largest absolute Gasteiger partial charge is 0.435 e. The summed E-state index contributed by atoms with van der Waals surface area (Å²) in [7, 11) is 0. The van der Waals surface area contributed by atoms with Crippen LogP contribution in [0, 0.1) is 0 Å². The average Bonchev–Trinajstić information content (AvgIpc) is 2.55. The Morgan fingerprint density at radius 1 is 0.958 bits per heavy atom. The minimum atomic E-state index is -2.86. The van der Waals surface area contributed by atoms with Gasteiger partial charge in [0.1, 0.15) is 5.75 Å². The first-order valence-electron chi connectivity index (χ1n) is 6.62. The second-order valence-corrected chi connectivity index (χ2v) is 5.12. The van der Waals surface area contributed by atoms with Crippen molar-refractivity contribution in [2.45, 2.75) is 6.61 Å². The van der Waals surface area contributed by atoms with Crippen molar-refractivity contribution in [2.75, 3.05) is 10.6 Å². The second-order valence-electron chi connectivity index (χ2n) is 4.30. The van der Waals surface area contributed by atoms with Crippen LogP contribution in [0.1, 0.15) is 0 Å². The molecule has 4 N–H and O–H groups in total. The third-order valence-electron chi connectivity index (χ3n) is 2.55. The van der Waals surface area contributed by atoms with Crippen LogP contribution in [-0.4, -0.2) is 21.8 Å². The fraction of sp³-hybridized carbons (Fsp3) is 0.0714. The first kappa shape index (κ1) is 17.8. The second kappa shape index (κ2) is 8.89. The molecule has 0 atom stereocenters. The van der Waals surface area contributed by atoms with E-state index in [2.05, 4.69) is 31.2 Å². The summed E-state index contributed by atoms with van der Waals surface area (Å²) in [5.74, 6) is 0.0643. The van der Waals surface area contributed by atoms with Crippen LogP contribution >= 0.6 is 24.4 Å². The van der Waals surface area contributed by atoms with Gasteiger partial charge in [-0.2, -0.15) is 8.78 Å². The molecule has 0 unspecified atom stereocenters. The third-order valence-corrected chi connectivity index (χ3v) is 2.95. The van der Waals surface area contributed by atoms with E-state index < -0.39 is 6.61 Å². The number of anilines is 2. The van der Waals surface area contributed by atoms with Crippen molar-refractivity contribution in [2.24, 2.45) is 0 Å². The van der Waals surface area contributed by atoms with E-state index in [1.165, 1.54) is 12.1 Å². The SMILES string of the molecule is FC(F)Oc1ccc(NC(=S)NNC(=S)Nc2cccnc2)cc1. The lowest BCUT2D eigenvalue weighted by Crippen LogP contribution is -2.45. The van der Waals surface area contributed by atoms with E-state index >= 15 is 0 Å². The molecule has 1 heterocycles. The van der Waals surface area contributed by atoms with Crippen LogP contribution in [-0.2, 0) is 0 Å². The summed E-state index contributed by atoms with van der Waals surface area (Å²) < 4.78 is 28.4. The minimum absolute atomic E-state index is 0.0643. The molecule has 6 nitrogen and oxygen atoms in total. The van der Waals surface area contributed by atoms with E-state index in [-0.39, 0.29) is 10.9 Å². The number of alkyl halides is 2. The van der Waals surface area contributed by atoms with Gasteiger partial charge in [0.05, 0.1) is 11.9 Å². The molecule has 0 saturated carbocycles. The van der Waals surface area contributed by atoms with Crippen molar-refractivity contribution >= 4 is 46.0 Å². The van der Waals surface area contributed by atoms with E-state index in [4.69, 9.17) is 24.4 Å². The van der Waals surface area contributed by atoms with Gasteiger partial charge in [-0.15, -0.1) is 0 Å². The Morgan fingerprint density at radius 2 is 1.58 bits per heavy atom. The number of nitrogens with zero attached hydrogens (tertiary/aromatic N) is 1. The zero-order valence-electron chi connectivity index (χ0n) is 12.1. The Hall–Kier alpha value is -2.59. The smallest absolute Gasteiger partial charge is 0.387 e. The zero-order chi connectivity index (χ0) is 17.4. The van der Waals surface area contributed by atoms with E-state index in [1.807, 2.05) is 0 Å². The number of thiocarbonyl (C=S) groups is 2. The zero-order valence-corrected chi connectivity index (χ0v) is 13.8. The Balaban J connectivity index is 1.75.